The lowest BCUT2D eigenvalue weighted by Gasteiger charge is -2.49. The minimum atomic E-state index is -0.667. The van der Waals surface area contributed by atoms with Crippen molar-refractivity contribution in [2.24, 2.45) is 17.3 Å². The van der Waals surface area contributed by atoms with Crippen LogP contribution in [0.1, 0.15) is 99.3 Å². The molecule has 0 bridgehead atoms. The van der Waals surface area contributed by atoms with Crippen molar-refractivity contribution in [3.8, 4) is 0 Å². The van der Waals surface area contributed by atoms with E-state index in [4.69, 9.17) is 4.74 Å². The summed E-state index contributed by atoms with van der Waals surface area (Å²) in [6.07, 6.45) is 14.2. The van der Waals surface area contributed by atoms with Crippen molar-refractivity contribution in [2.75, 3.05) is 6.61 Å². The number of ether oxygens (including phenoxy) is 1. The molecule has 5 unspecified atom stereocenters. The van der Waals surface area contributed by atoms with Crippen molar-refractivity contribution in [2.45, 2.75) is 117 Å². The van der Waals surface area contributed by atoms with Gasteiger partial charge in [-0.1, -0.05) is 50.5 Å². The Hall–Kier alpha value is -0.640. The van der Waals surface area contributed by atoms with Crippen molar-refractivity contribution >= 4 is 0 Å². The first-order chi connectivity index (χ1) is 13.6. The quantitative estimate of drug-likeness (QED) is 0.505. The fourth-order valence-corrected chi connectivity index (χ4v) is 5.66. The van der Waals surface area contributed by atoms with Crippen LogP contribution in [0.5, 0.6) is 0 Å². The highest BCUT2D eigenvalue weighted by Crippen LogP contribution is 2.51. The standard InChI is InChI=1S/C26H46O3/c1-7-24(20(3)29-17-16-25(4,5)28)26(6)15-9-11-22(19(26)2)14-13-21-10-8-12-23(27)18-21/h13-14,19-20,23-24,27-28H,7-12,15-18H2,1-6H3/b21-13-,22-14+. The molecule has 0 spiro atoms. The summed E-state index contributed by atoms with van der Waals surface area (Å²) in [5.41, 5.74) is 2.54. The molecule has 168 valence electrons. The first-order valence-electron chi connectivity index (χ1n) is 12.0. The first kappa shape index (κ1) is 24.6. The van der Waals surface area contributed by atoms with Crippen LogP contribution in [0.25, 0.3) is 0 Å². The van der Waals surface area contributed by atoms with Gasteiger partial charge in [0, 0.05) is 6.61 Å². The van der Waals surface area contributed by atoms with Crippen LogP contribution in [-0.2, 0) is 4.74 Å². The zero-order valence-corrected chi connectivity index (χ0v) is 19.8. The van der Waals surface area contributed by atoms with Crippen LogP contribution in [0.4, 0.5) is 0 Å². The molecule has 0 amide bonds. The molecule has 0 radical (unpaired) electrons. The normalized spacial score (nSPS) is 33.8. The molecule has 2 rings (SSSR count). The van der Waals surface area contributed by atoms with Crippen molar-refractivity contribution in [1.82, 2.24) is 0 Å². The number of rotatable bonds is 8. The van der Waals surface area contributed by atoms with Gasteiger partial charge in [0.2, 0.25) is 0 Å². The van der Waals surface area contributed by atoms with E-state index in [0.29, 0.717) is 24.9 Å². The van der Waals surface area contributed by atoms with E-state index in [9.17, 15) is 10.2 Å². The molecule has 2 aliphatic rings. The van der Waals surface area contributed by atoms with E-state index in [-0.39, 0.29) is 17.6 Å². The average molecular weight is 407 g/mol. The van der Waals surface area contributed by atoms with Gasteiger partial charge < -0.3 is 14.9 Å². The molecule has 2 aliphatic carbocycles. The third-order valence-electron chi connectivity index (χ3n) is 7.74. The van der Waals surface area contributed by atoms with E-state index in [1.165, 1.54) is 24.8 Å². The fraction of sp³-hybridized carbons (Fsp3) is 0.846. The summed E-state index contributed by atoms with van der Waals surface area (Å²) >= 11 is 0. The second-order valence-electron chi connectivity index (χ2n) is 10.6. The second kappa shape index (κ2) is 10.6. The highest BCUT2D eigenvalue weighted by Gasteiger charge is 2.44. The highest BCUT2D eigenvalue weighted by molar-refractivity contribution is 5.24. The molecule has 0 heterocycles. The number of hydrogen-bond acceptors (Lipinski definition) is 3. The first-order valence-corrected chi connectivity index (χ1v) is 12.0. The Morgan fingerprint density at radius 3 is 2.59 bits per heavy atom. The summed E-state index contributed by atoms with van der Waals surface area (Å²) in [5.74, 6) is 1.04. The molecule has 0 aliphatic heterocycles. The minimum Gasteiger partial charge on any atom is -0.393 e. The molecule has 0 saturated heterocycles. The maximum atomic E-state index is 9.98. The Bertz CT molecular complexity index is 571. The van der Waals surface area contributed by atoms with Gasteiger partial charge in [-0.15, -0.1) is 0 Å². The molecule has 5 atom stereocenters. The van der Waals surface area contributed by atoms with Gasteiger partial charge in [-0.3, -0.25) is 0 Å². The number of aliphatic hydroxyl groups is 2. The van der Waals surface area contributed by atoms with E-state index in [1.54, 1.807) is 5.57 Å². The molecule has 2 N–H and O–H groups in total. The number of aliphatic hydroxyl groups excluding tert-OH is 1. The summed E-state index contributed by atoms with van der Waals surface area (Å²) in [5, 5.41) is 19.9. The monoisotopic (exact) mass is 406 g/mol. The van der Waals surface area contributed by atoms with E-state index in [0.717, 1.165) is 32.1 Å². The van der Waals surface area contributed by atoms with Crippen molar-refractivity contribution in [1.29, 1.82) is 0 Å². The zero-order valence-electron chi connectivity index (χ0n) is 19.8. The van der Waals surface area contributed by atoms with Gasteiger partial charge in [-0.25, -0.2) is 0 Å². The van der Waals surface area contributed by atoms with Crippen LogP contribution in [0, 0.1) is 17.3 Å². The highest BCUT2D eigenvalue weighted by atomic mass is 16.5. The average Bonchev–Trinajstić information content (AvgIpc) is 2.62. The van der Waals surface area contributed by atoms with Gasteiger partial charge in [-0.05, 0) is 89.4 Å². The number of hydrogen-bond donors (Lipinski definition) is 2. The SMILES string of the molecule is CCC(C(C)OCCC(C)(C)O)C1(C)CCC/C(=C\C=C2\CCCC(O)C2)C1C. The Labute approximate surface area is 179 Å². The Kier molecular flexibility index (Phi) is 9.00. The van der Waals surface area contributed by atoms with E-state index >= 15 is 0 Å². The van der Waals surface area contributed by atoms with Crippen LogP contribution < -0.4 is 0 Å². The third kappa shape index (κ3) is 6.94. The zero-order chi connectivity index (χ0) is 21.7. The van der Waals surface area contributed by atoms with Gasteiger partial charge >= 0.3 is 0 Å². The van der Waals surface area contributed by atoms with Crippen molar-refractivity contribution in [3.63, 3.8) is 0 Å². The Morgan fingerprint density at radius 2 is 1.97 bits per heavy atom. The lowest BCUT2D eigenvalue weighted by Crippen LogP contribution is -2.43. The van der Waals surface area contributed by atoms with Gasteiger partial charge in [0.1, 0.15) is 0 Å². The van der Waals surface area contributed by atoms with Gasteiger partial charge in [0.05, 0.1) is 17.8 Å². The summed E-state index contributed by atoms with van der Waals surface area (Å²) in [7, 11) is 0. The van der Waals surface area contributed by atoms with Gasteiger partial charge in [-0.2, -0.15) is 0 Å². The minimum absolute atomic E-state index is 0.145. The van der Waals surface area contributed by atoms with Crippen LogP contribution in [0.15, 0.2) is 23.3 Å². The van der Waals surface area contributed by atoms with Gasteiger partial charge in [0.15, 0.2) is 0 Å². The molecule has 0 aromatic carbocycles. The molecular formula is C26H46O3. The van der Waals surface area contributed by atoms with Crippen LogP contribution >= 0.6 is 0 Å². The maximum absolute atomic E-state index is 9.98. The smallest absolute Gasteiger partial charge is 0.0613 e. The molecule has 2 fully saturated rings. The molecule has 0 aromatic heterocycles. The maximum Gasteiger partial charge on any atom is 0.0613 e. The summed E-state index contributed by atoms with van der Waals surface area (Å²) in [6, 6.07) is 0. The summed E-state index contributed by atoms with van der Waals surface area (Å²) in [4.78, 5) is 0. The lowest BCUT2D eigenvalue weighted by molar-refractivity contribution is -0.0631. The predicted molar refractivity (Wildman–Crippen MR) is 122 cm³/mol. The molecule has 0 aromatic rings. The fourth-order valence-electron chi connectivity index (χ4n) is 5.66. The number of allylic oxidation sites excluding steroid dienone is 3. The van der Waals surface area contributed by atoms with Crippen LogP contribution in [-0.4, -0.2) is 34.6 Å². The summed E-state index contributed by atoms with van der Waals surface area (Å²) in [6.45, 7) is 13.7. The van der Waals surface area contributed by atoms with E-state index in [2.05, 4.69) is 39.8 Å². The molecule has 3 heteroatoms. The summed E-state index contributed by atoms with van der Waals surface area (Å²) < 4.78 is 6.22. The molecule has 29 heavy (non-hydrogen) atoms. The van der Waals surface area contributed by atoms with E-state index < -0.39 is 5.60 Å². The topological polar surface area (TPSA) is 49.7 Å². The van der Waals surface area contributed by atoms with Crippen molar-refractivity contribution < 1.29 is 14.9 Å². The molecule has 2 saturated carbocycles. The molecule has 3 nitrogen and oxygen atoms in total. The van der Waals surface area contributed by atoms with Crippen LogP contribution in [0.2, 0.25) is 0 Å². The Balaban J connectivity index is 2.08. The largest absolute Gasteiger partial charge is 0.393 e. The third-order valence-corrected chi connectivity index (χ3v) is 7.74. The van der Waals surface area contributed by atoms with E-state index in [1.807, 2.05) is 13.8 Å². The van der Waals surface area contributed by atoms with Crippen molar-refractivity contribution in [3.05, 3.63) is 23.3 Å². The molecular weight excluding hydrogens is 360 g/mol. The predicted octanol–water partition coefficient (Wildman–Crippen LogP) is 6.19. The Morgan fingerprint density at radius 1 is 1.24 bits per heavy atom. The lowest BCUT2D eigenvalue weighted by atomic mass is 9.58. The van der Waals surface area contributed by atoms with Gasteiger partial charge in [0.25, 0.3) is 0 Å². The second-order valence-corrected chi connectivity index (χ2v) is 10.6. The van der Waals surface area contributed by atoms with Crippen LogP contribution in [0.3, 0.4) is 0 Å².